The minimum Gasteiger partial charge on any atom is -0.0848 e. The molecule has 0 nitrogen and oxygen atoms in total. The van der Waals surface area contributed by atoms with Gasteiger partial charge in [0.1, 0.15) is 0 Å². The fourth-order valence-electron chi connectivity index (χ4n) is 3.16. The van der Waals surface area contributed by atoms with Crippen LogP contribution in [0.15, 0.2) is 11.6 Å². The van der Waals surface area contributed by atoms with Gasteiger partial charge in [-0.1, -0.05) is 25.5 Å². The maximum absolute atomic E-state index is 2.55. The van der Waals surface area contributed by atoms with Crippen molar-refractivity contribution < 1.29 is 0 Å². The van der Waals surface area contributed by atoms with Crippen LogP contribution in [0.5, 0.6) is 0 Å². The first kappa shape index (κ1) is 8.34. The summed E-state index contributed by atoms with van der Waals surface area (Å²) in [5, 5.41) is 0. The van der Waals surface area contributed by atoms with Gasteiger partial charge in [-0.25, -0.2) is 0 Å². The van der Waals surface area contributed by atoms with Crippen molar-refractivity contribution in [3.8, 4) is 0 Å². The molecule has 0 heteroatoms. The molecule has 2 rings (SSSR count). The van der Waals surface area contributed by atoms with Crippen LogP contribution in [0.1, 0.15) is 46.0 Å². The molecule has 2 aliphatic rings. The van der Waals surface area contributed by atoms with Crippen molar-refractivity contribution in [1.82, 2.24) is 0 Å². The minimum atomic E-state index is 0.949. The highest BCUT2D eigenvalue weighted by Gasteiger charge is 2.35. The molecule has 0 aromatic heterocycles. The lowest BCUT2D eigenvalue weighted by molar-refractivity contribution is 0.407. The van der Waals surface area contributed by atoms with E-state index in [2.05, 4.69) is 19.9 Å². The zero-order valence-corrected chi connectivity index (χ0v) is 8.34. The average molecular weight is 164 g/mol. The van der Waals surface area contributed by atoms with E-state index in [1.54, 1.807) is 0 Å². The van der Waals surface area contributed by atoms with Gasteiger partial charge in [-0.05, 0) is 49.9 Å². The summed E-state index contributed by atoms with van der Waals surface area (Å²) in [4.78, 5) is 0. The molecular formula is C12H20. The predicted molar refractivity (Wildman–Crippen MR) is 53.0 cm³/mol. The Kier molecular flexibility index (Phi) is 2.25. The summed E-state index contributed by atoms with van der Waals surface area (Å²) in [5.74, 6) is 2.90. The smallest absolute Gasteiger partial charge is 0.0174 e. The summed E-state index contributed by atoms with van der Waals surface area (Å²) >= 11 is 0. The molecular weight excluding hydrogens is 144 g/mol. The van der Waals surface area contributed by atoms with Crippen LogP contribution in [-0.2, 0) is 0 Å². The third-order valence-electron chi connectivity index (χ3n) is 3.83. The molecule has 1 saturated carbocycles. The molecule has 0 aromatic carbocycles. The van der Waals surface area contributed by atoms with Crippen molar-refractivity contribution in [1.29, 1.82) is 0 Å². The standard InChI is InChI=1S/C12H20/c1-3-10-8-9(2)11-6-4-5-7-12(10)11/h7,9-11H,3-6,8H2,1-2H3. The lowest BCUT2D eigenvalue weighted by Crippen LogP contribution is -2.09. The SMILES string of the molecule is CCC1CC(C)C2CCCC=C12. The van der Waals surface area contributed by atoms with Gasteiger partial charge in [0.2, 0.25) is 0 Å². The summed E-state index contributed by atoms with van der Waals surface area (Å²) in [7, 11) is 0. The number of allylic oxidation sites excluding steroid dienone is 2. The molecule has 0 spiro atoms. The summed E-state index contributed by atoms with van der Waals surface area (Å²) < 4.78 is 0. The van der Waals surface area contributed by atoms with Crippen LogP contribution in [0.25, 0.3) is 0 Å². The molecule has 0 aromatic rings. The second-order valence-electron chi connectivity index (χ2n) is 4.56. The number of hydrogen-bond donors (Lipinski definition) is 0. The third-order valence-corrected chi connectivity index (χ3v) is 3.83. The van der Waals surface area contributed by atoms with Gasteiger partial charge >= 0.3 is 0 Å². The molecule has 0 radical (unpaired) electrons. The van der Waals surface area contributed by atoms with E-state index < -0.39 is 0 Å². The van der Waals surface area contributed by atoms with Crippen LogP contribution in [0.4, 0.5) is 0 Å². The second-order valence-corrected chi connectivity index (χ2v) is 4.56. The molecule has 0 bridgehead atoms. The normalized spacial score (nSPS) is 40.8. The predicted octanol–water partition coefficient (Wildman–Crippen LogP) is 3.78. The van der Waals surface area contributed by atoms with Crippen LogP contribution in [0.3, 0.4) is 0 Å². The van der Waals surface area contributed by atoms with Crippen LogP contribution < -0.4 is 0 Å². The van der Waals surface area contributed by atoms with Crippen LogP contribution in [0.2, 0.25) is 0 Å². The van der Waals surface area contributed by atoms with Crippen LogP contribution in [-0.4, -0.2) is 0 Å². The second kappa shape index (κ2) is 3.24. The number of fused-ring (bicyclic) bond motifs is 1. The molecule has 3 unspecified atom stereocenters. The van der Waals surface area contributed by atoms with Gasteiger partial charge in [-0.3, -0.25) is 0 Å². The number of hydrogen-bond acceptors (Lipinski definition) is 0. The van der Waals surface area contributed by atoms with E-state index in [1.165, 1.54) is 32.1 Å². The van der Waals surface area contributed by atoms with E-state index in [-0.39, 0.29) is 0 Å². The molecule has 3 atom stereocenters. The van der Waals surface area contributed by atoms with Crippen molar-refractivity contribution in [2.75, 3.05) is 0 Å². The molecule has 1 fully saturated rings. The first-order chi connectivity index (χ1) is 5.83. The lowest BCUT2D eigenvalue weighted by Gasteiger charge is -2.22. The monoisotopic (exact) mass is 164 g/mol. The fourth-order valence-corrected chi connectivity index (χ4v) is 3.16. The Balaban J connectivity index is 2.19. The van der Waals surface area contributed by atoms with E-state index in [0.29, 0.717) is 0 Å². The Labute approximate surface area is 76.1 Å². The summed E-state index contributed by atoms with van der Waals surface area (Å²) in [6.45, 7) is 4.79. The van der Waals surface area contributed by atoms with Gasteiger partial charge in [0.15, 0.2) is 0 Å². The Morgan fingerprint density at radius 1 is 1.50 bits per heavy atom. The molecule has 0 N–H and O–H groups in total. The first-order valence-electron chi connectivity index (χ1n) is 5.53. The summed E-state index contributed by atoms with van der Waals surface area (Å²) in [6.07, 6.45) is 9.65. The molecule has 0 aliphatic heterocycles. The highest BCUT2D eigenvalue weighted by molar-refractivity contribution is 5.19. The van der Waals surface area contributed by atoms with Gasteiger partial charge < -0.3 is 0 Å². The highest BCUT2D eigenvalue weighted by atomic mass is 14.4. The van der Waals surface area contributed by atoms with Crippen molar-refractivity contribution >= 4 is 0 Å². The van der Waals surface area contributed by atoms with Crippen molar-refractivity contribution in [3.05, 3.63) is 11.6 Å². The van der Waals surface area contributed by atoms with E-state index >= 15 is 0 Å². The summed E-state index contributed by atoms with van der Waals surface area (Å²) in [5.41, 5.74) is 1.83. The lowest BCUT2D eigenvalue weighted by atomic mass is 9.84. The molecule has 2 aliphatic carbocycles. The van der Waals surface area contributed by atoms with Gasteiger partial charge in [0, 0.05) is 0 Å². The molecule has 68 valence electrons. The van der Waals surface area contributed by atoms with Gasteiger partial charge in [0.25, 0.3) is 0 Å². The van der Waals surface area contributed by atoms with Crippen molar-refractivity contribution in [2.45, 2.75) is 46.0 Å². The van der Waals surface area contributed by atoms with Gasteiger partial charge in [0.05, 0.1) is 0 Å². The summed E-state index contributed by atoms with van der Waals surface area (Å²) in [6, 6.07) is 0. The van der Waals surface area contributed by atoms with Gasteiger partial charge in [-0.15, -0.1) is 0 Å². The van der Waals surface area contributed by atoms with Crippen molar-refractivity contribution in [3.63, 3.8) is 0 Å². The van der Waals surface area contributed by atoms with E-state index in [4.69, 9.17) is 0 Å². The first-order valence-corrected chi connectivity index (χ1v) is 5.53. The largest absolute Gasteiger partial charge is 0.0848 e. The number of rotatable bonds is 1. The third kappa shape index (κ3) is 1.22. The Bertz CT molecular complexity index is 190. The molecule has 12 heavy (non-hydrogen) atoms. The minimum absolute atomic E-state index is 0.949. The van der Waals surface area contributed by atoms with Gasteiger partial charge in [-0.2, -0.15) is 0 Å². The quantitative estimate of drug-likeness (QED) is 0.517. The van der Waals surface area contributed by atoms with E-state index in [9.17, 15) is 0 Å². The average Bonchev–Trinajstić information content (AvgIpc) is 2.44. The van der Waals surface area contributed by atoms with Crippen LogP contribution >= 0.6 is 0 Å². The van der Waals surface area contributed by atoms with Crippen LogP contribution in [0, 0.1) is 17.8 Å². The van der Waals surface area contributed by atoms with E-state index in [0.717, 1.165) is 17.8 Å². The van der Waals surface area contributed by atoms with Crippen molar-refractivity contribution in [2.24, 2.45) is 17.8 Å². The molecule has 0 heterocycles. The van der Waals surface area contributed by atoms with E-state index in [1.807, 2.05) is 5.57 Å². The molecule has 0 amide bonds. The fraction of sp³-hybridized carbons (Fsp3) is 0.833. The maximum atomic E-state index is 2.55. The topological polar surface area (TPSA) is 0 Å². The highest BCUT2D eigenvalue weighted by Crippen LogP contribution is 2.47. The maximum Gasteiger partial charge on any atom is -0.0174 e. The zero-order valence-electron chi connectivity index (χ0n) is 8.34. The molecule has 0 saturated heterocycles. The Hall–Kier alpha value is -0.260. The Morgan fingerprint density at radius 2 is 2.33 bits per heavy atom. The zero-order chi connectivity index (χ0) is 8.55. The Morgan fingerprint density at radius 3 is 3.08 bits per heavy atom.